The Kier molecular flexibility index (Phi) is 4.36. The third-order valence-corrected chi connectivity index (χ3v) is 4.11. The number of aromatic nitrogens is 1. The first kappa shape index (κ1) is 14.3. The lowest BCUT2D eigenvalue weighted by Crippen LogP contribution is -2.40. The van der Waals surface area contributed by atoms with Gasteiger partial charge in [-0.1, -0.05) is 18.2 Å². The summed E-state index contributed by atoms with van der Waals surface area (Å²) >= 11 is 0. The first-order valence-electron chi connectivity index (χ1n) is 7.77. The topological polar surface area (TPSA) is 51.4 Å². The van der Waals surface area contributed by atoms with Crippen LogP contribution in [0.25, 0.3) is 10.9 Å². The molecule has 4 heteroatoms. The Morgan fingerprint density at radius 2 is 2.24 bits per heavy atom. The standard InChI is InChI=1S/C17H23N3O/c1-2-21-14-6-5-9-20(12-14)17-10-13(11-18)15-7-3-4-8-16(15)19-17/h3-4,7-8,10,14H,2,5-6,9,11-12,18H2,1H3. The van der Waals surface area contributed by atoms with E-state index in [2.05, 4.69) is 30.0 Å². The Morgan fingerprint density at radius 3 is 3.05 bits per heavy atom. The predicted octanol–water partition coefficient (Wildman–Crippen LogP) is 2.70. The fraction of sp³-hybridized carbons (Fsp3) is 0.471. The van der Waals surface area contributed by atoms with Crippen molar-refractivity contribution in [3.05, 3.63) is 35.9 Å². The van der Waals surface area contributed by atoms with Crippen LogP contribution in [0.1, 0.15) is 25.3 Å². The van der Waals surface area contributed by atoms with Gasteiger partial charge in [-0.25, -0.2) is 4.98 Å². The summed E-state index contributed by atoms with van der Waals surface area (Å²) in [6.45, 7) is 5.33. The molecule has 1 fully saturated rings. The molecule has 4 nitrogen and oxygen atoms in total. The fourth-order valence-corrected chi connectivity index (χ4v) is 3.08. The lowest BCUT2D eigenvalue weighted by atomic mass is 10.1. The van der Waals surface area contributed by atoms with E-state index >= 15 is 0 Å². The number of hydrogen-bond donors (Lipinski definition) is 1. The first-order valence-corrected chi connectivity index (χ1v) is 7.77. The number of para-hydroxylation sites is 1. The number of piperidine rings is 1. The lowest BCUT2D eigenvalue weighted by molar-refractivity contribution is 0.0525. The van der Waals surface area contributed by atoms with Crippen LogP contribution in [0.3, 0.4) is 0 Å². The molecule has 2 heterocycles. The van der Waals surface area contributed by atoms with Gasteiger partial charge in [0.1, 0.15) is 5.82 Å². The van der Waals surface area contributed by atoms with Crippen molar-refractivity contribution in [2.24, 2.45) is 5.73 Å². The van der Waals surface area contributed by atoms with Crippen molar-refractivity contribution in [3.63, 3.8) is 0 Å². The van der Waals surface area contributed by atoms with Crippen LogP contribution in [0.5, 0.6) is 0 Å². The van der Waals surface area contributed by atoms with Gasteiger partial charge in [-0.15, -0.1) is 0 Å². The third kappa shape index (κ3) is 3.01. The largest absolute Gasteiger partial charge is 0.377 e. The maximum absolute atomic E-state index is 5.92. The normalized spacial score (nSPS) is 19.1. The summed E-state index contributed by atoms with van der Waals surface area (Å²) in [5.74, 6) is 1.03. The molecule has 2 N–H and O–H groups in total. The van der Waals surface area contributed by atoms with Gasteiger partial charge in [-0.3, -0.25) is 0 Å². The van der Waals surface area contributed by atoms with Gasteiger partial charge in [0.2, 0.25) is 0 Å². The van der Waals surface area contributed by atoms with Gasteiger partial charge < -0.3 is 15.4 Å². The van der Waals surface area contributed by atoms with E-state index in [0.29, 0.717) is 12.6 Å². The molecule has 1 aliphatic rings. The number of anilines is 1. The minimum atomic E-state index is 0.318. The van der Waals surface area contributed by atoms with Crippen molar-refractivity contribution in [2.75, 3.05) is 24.6 Å². The number of rotatable bonds is 4. The molecule has 0 spiro atoms. The summed E-state index contributed by atoms with van der Waals surface area (Å²) in [4.78, 5) is 7.15. The molecule has 1 aliphatic heterocycles. The Morgan fingerprint density at radius 1 is 1.38 bits per heavy atom. The van der Waals surface area contributed by atoms with E-state index in [1.807, 2.05) is 12.1 Å². The zero-order chi connectivity index (χ0) is 14.7. The van der Waals surface area contributed by atoms with Crippen molar-refractivity contribution >= 4 is 16.7 Å². The summed E-state index contributed by atoms with van der Waals surface area (Å²) in [5.41, 5.74) is 8.10. The summed E-state index contributed by atoms with van der Waals surface area (Å²) < 4.78 is 5.78. The van der Waals surface area contributed by atoms with Crippen molar-refractivity contribution in [1.82, 2.24) is 4.98 Å². The van der Waals surface area contributed by atoms with Crippen LogP contribution >= 0.6 is 0 Å². The lowest BCUT2D eigenvalue weighted by Gasteiger charge is -2.33. The van der Waals surface area contributed by atoms with Gasteiger partial charge in [-0.2, -0.15) is 0 Å². The van der Waals surface area contributed by atoms with Gasteiger partial charge in [0.25, 0.3) is 0 Å². The van der Waals surface area contributed by atoms with E-state index in [9.17, 15) is 0 Å². The highest BCUT2D eigenvalue weighted by atomic mass is 16.5. The SMILES string of the molecule is CCOC1CCCN(c2cc(CN)c3ccccc3n2)C1. The van der Waals surface area contributed by atoms with E-state index < -0.39 is 0 Å². The Balaban J connectivity index is 1.92. The van der Waals surface area contributed by atoms with Crippen molar-refractivity contribution in [3.8, 4) is 0 Å². The number of benzene rings is 1. The summed E-state index contributed by atoms with van der Waals surface area (Å²) in [6.07, 6.45) is 2.61. The van der Waals surface area contributed by atoms with Crippen LogP contribution in [0.4, 0.5) is 5.82 Å². The first-order chi connectivity index (χ1) is 10.3. The molecule has 0 saturated carbocycles. The van der Waals surface area contributed by atoms with E-state index in [1.54, 1.807) is 0 Å². The molecule has 21 heavy (non-hydrogen) atoms. The van der Waals surface area contributed by atoms with Crippen LogP contribution in [-0.2, 0) is 11.3 Å². The number of nitrogens with zero attached hydrogens (tertiary/aromatic N) is 2. The average Bonchev–Trinajstić information content (AvgIpc) is 2.54. The molecular weight excluding hydrogens is 262 g/mol. The van der Waals surface area contributed by atoms with Crippen molar-refractivity contribution in [1.29, 1.82) is 0 Å². The highest BCUT2D eigenvalue weighted by Crippen LogP contribution is 2.25. The molecule has 0 aliphatic carbocycles. The predicted molar refractivity (Wildman–Crippen MR) is 86.5 cm³/mol. The van der Waals surface area contributed by atoms with Gasteiger partial charge in [0.05, 0.1) is 11.6 Å². The summed E-state index contributed by atoms with van der Waals surface area (Å²) in [5, 5.41) is 1.15. The smallest absolute Gasteiger partial charge is 0.129 e. The molecule has 1 unspecified atom stereocenters. The Labute approximate surface area is 125 Å². The molecule has 3 rings (SSSR count). The second kappa shape index (κ2) is 6.41. The highest BCUT2D eigenvalue weighted by Gasteiger charge is 2.21. The third-order valence-electron chi connectivity index (χ3n) is 4.11. The van der Waals surface area contributed by atoms with Crippen LogP contribution in [0.2, 0.25) is 0 Å². The molecule has 0 radical (unpaired) electrons. The monoisotopic (exact) mass is 285 g/mol. The molecule has 0 amide bonds. The molecule has 1 aromatic carbocycles. The molecule has 1 saturated heterocycles. The van der Waals surface area contributed by atoms with Crippen LogP contribution in [0.15, 0.2) is 30.3 Å². The van der Waals surface area contributed by atoms with E-state index in [-0.39, 0.29) is 0 Å². The minimum absolute atomic E-state index is 0.318. The fourth-order valence-electron chi connectivity index (χ4n) is 3.08. The van der Waals surface area contributed by atoms with Crippen LogP contribution < -0.4 is 10.6 Å². The van der Waals surface area contributed by atoms with Crippen molar-refractivity contribution < 1.29 is 4.74 Å². The zero-order valence-corrected chi connectivity index (χ0v) is 12.6. The summed E-state index contributed by atoms with van der Waals surface area (Å²) in [6, 6.07) is 10.3. The van der Waals surface area contributed by atoms with Crippen molar-refractivity contribution in [2.45, 2.75) is 32.4 Å². The molecule has 1 atom stereocenters. The number of nitrogens with two attached hydrogens (primary N) is 1. The molecule has 2 aromatic rings. The minimum Gasteiger partial charge on any atom is -0.377 e. The maximum Gasteiger partial charge on any atom is 0.129 e. The van der Waals surface area contributed by atoms with Crippen LogP contribution in [-0.4, -0.2) is 30.8 Å². The number of pyridine rings is 1. The van der Waals surface area contributed by atoms with E-state index in [1.165, 1.54) is 0 Å². The number of fused-ring (bicyclic) bond motifs is 1. The van der Waals surface area contributed by atoms with Crippen LogP contribution in [0, 0.1) is 0 Å². The average molecular weight is 285 g/mol. The van der Waals surface area contributed by atoms with Gasteiger partial charge in [-0.05, 0) is 37.5 Å². The second-order valence-electron chi connectivity index (χ2n) is 5.53. The Hall–Kier alpha value is -1.65. The van der Waals surface area contributed by atoms with Gasteiger partial charge in [0.15, 0.2) is 0 Å². The van der Waals surface area contributed by atoms with Gasteiger partial charge >= 0.3 is 0 Å². The molecule has 112 valence electrons. The van der Waals surface area contributed by atoms with Gasteiger partial charge in [0, 0.05) is 31.6 Å². The quantitative estimate of drug-likeness (QED) is 0.938. The van der Waals surface area contributed by atoms with E-state index in [4.69, 9.17) is 15.5 Å². The molecule has 0 bridgehead atoms. The Bertz CT molecular complexity index is 612. The molecule has 1 aromatic heterocycles. The highest BCUT2D eigenvalue weighted by molar-refractivity contribution is 5.84. The molecular formula is C17H23N3O. The summed E-state index contributed by atoms with van der Waals surface area (Å²) in [7, 11) is 0. The number of ether oxygens (including phenoxy) is 1. The number of hydrogen-bond acceptors (Lipinski definition) is 4. The van der Waals surface area contributed by atoms with E-state index in [0.717, 1.165) is 54.8 Å². The maximum atomic E-state index is 5.92. The second-order valence-corrected chi connectivity index (χ2v) is 5.53. The zero-order valence-electron chi connectivity index (χ0n) is 12.6.